The third kappa shape index (κ3) is 4.41. The van der Waals surface area contributed by atoms with Crippen LogP contribution in [0.4, 0.5) is 5.69 Å². The Hall–Kier alpha value is -2.91. The second-order valence-corrected chi connectivity index (χ2v) is 7.39. The Kier molecular flexibility index (Phi) is 6.19. The number of thioether (sulfide) groups is 1. The summed E-state index contributed by atoms with van der Waals surface area (Å²) in [6.45, 7) is 1.84. The highest BCUT2D eigenvalue weighted by Gasteiger charge is 2.23. The highest BCUT2D eigenvalue weighted by atomic mass is 35.5. The van der Waals surface area contributed by atoms with Crippen LogP contribution in [0.3, 0.4) is 0 Å². The number of aryl methyl sites for hydroxylation is 1. The van der Waals surface area contributed by atoms with E-state index in [1.54, 1.807) is 26.1 Å². The molecule has 0 unspecified atom stereocenters. The first kappa shape index (κ1) is 20.8. The van der Waals surface area contributed by atoms with E-state index in [4.69, 9.17) is 16.0 Å². The summed E-state index contributed by atoms with van der Waals surface area (Å²) in [4.78, 5) is 33.9. The number of nitro benzene ring substituents is 1. The molecule has 0 saturated carbocycles. The lowest BCUT2D eigenvalue weighted by molar-refractivity contribution is -0.384. The molecular weight excluding hydrogens is 416 g/mol. The fourth-order valence-corrected chi connectivity index (χ4v) is 3.56. The molecule has 0 radical (unpaired) electrons. The van der Waals surface area contributed by atoms with E-state index in [1.807, 2.05) is 6.26 Å². The van der Waals surface area contributed by atoms with Gasteiger partial charge in [-0.3, -0.25) is 14.9 Å². The van der Waals surface area contributed by atoms with Crippen molar-refractivity contribution in [1.29, 1.82) is 0 Å². The molecule has 2 heterocycles. The van der Waals surface area contributed by atoms with Crippen LogP contribution in [-0.4, -0.2) is 39.0 Å². The fraction of sp³-hybridized carbons (Fsp3) is 0.211. The number of nitro groups is 1. The Morgan fingerprint density at radius 1 is 1.34 bits per heavy atom. The van der Waals surface area contributed by atoms with Crippen molar-refractivity contribution in [3.8, 4) is 11.6 Å². The highest BCUT2D eigenvalue weighted by Crippen LogP contribution is 2.28. The fourth-order valence-electron chi connectivity index (χ4n) is 2.77. The zero-order valence-corrected chi connectivity index (χ0v) is 17.5. The average Bonchev–Trinajstić information content (AvgIpc) is 3.23. The minimum atomic E-state index is -0.501. The Balaban J connectivity index is 1.92. The van der Waals surface area contributed by atoms with Crippen LogP contribution in [0.1, 0.15) is 21.6 Å². The SMILES string of the molecule is CSc1nc(-c2ccco2)nc(C)c1C(=O)N(C)Cc1cc([N+](=O)[O-])ccc1Cl. The average molecular weight is 433 g/mol. The number of rotatable bonds is 6. The van der Waals surface area contributed by atoms with E-state index in [9.17, 15) is 14.9 Å². The van der Waals surface area contributed by atoms with Gasteiger partial charge in [0.25, 0.3) is 11.6 Å². The summed E-state index contributed by atoms with van der Waals surface area (Å²) in [5.74, 6) is 0.609. The Morgan fingerprint density at radius 3 is 2.72 bits per heavy atom. The molecule has 8 nitrogen and oxygen atoms in total. The molecule has 0 aliphatic rings. The third-order valence-corrected chi connectivity index (χ3v) is 5.25. The van der Waals surface area contributed by atoms with Gasteiger partial charge in [-0.1, -0.05) is 11.6 Å². The summed E-state index contributed by atoms with van der Waals surface area (Å²) in [6, 6.07) is 7.63. The van der Waals surface area contributed by atoms with Crippen molar-refractivity contribution in [2.75, 3.05) is 13.3 Å². The van der Waals surface area contributed by atoms with Gasteiger partial charge in [0.15, 0.2) is 11.6 Å². The first-order valence-electron chi connectivity index (χ1n) is 8.46. The van der Waals surface area contributed by atoms with Crippen LogP contribution in [0.25, 0.3) is 11.6 Å². The predicted octanol–water partition coefficient (Wildman–Crippen LogP) is 4.60. The molecule has 0 N–H and O–H groups in total. The van der Waals surface area contributed by atoms with Crippen molar-refractivity contribution in [2.45, 2.75) is 18.5 Å². The normalized spacial score (nSPS) is 10.8. The van der Waals surface area contributed by atoms with E-state index in [0.29, 0.717) is 38.5 Å². The molecule has 0 atom stereocenters. The van der Waals surface area contributed by atoms with Crippen LogP contribution in [0.5, 0.6) is 0 Å². The quantitative estimate of drug-likeness (QED) is 0.242. The molecule has 150 valence electrons. The summed E-state index contributed by atoms with van der Waals surface area (Å²) in [5, 5.41) is 11.9. The van der Waals surface area contributed by atoms with Gasteiger partial charge in [0.1, 0.15) is 5.03 Å². The maximum atomic E-state index is 13.1. The second-order valence-electron chi connectivity index (χ2n) is 6.19. The van der Waals surface area contributed by atoms with Crippen LogP contribution in [0, 0.1) is 17.0 Å². The van der Waals surface area contributed by atoms with Gasteiger partial charge in [-0.25, -0.2) is 9.97 Å². The number of benzene rings is 1. The molecule has 0 spiro atoms. The number of furan rings is 1. The third-order valence-electron chi connectivity index (χ3n) is 4.20. The van der Waals surface area contributed by atoms with E-state index in [-0.39, 0.29) is 18.1 Å². The lowest BCUT2D eigenvalue weighted by atomic mass is 10.1. The van der Waals surface area contributed by atoms with E-state index in [1.165, 1.54) is 41.1 Å². The molecule has 1 amide bonds. The van der Waals surface area contributed by atoms with Crippen molar-refractivity contribution >= 4 is 35.0 Å². The molecule has 0 bridgehead atoms. The Bertz CT molecular complexity index is 1070. The number of halogens is 1. The number of aromatic nitrogens is 2. The van der Waals surface area contributed by atoms with Crippen molar-refractivity contribution in [1.82, 2.24) is 14.9 Å². The molecule has 2 aromatic heterocycles. The van der Waals surface area contributed by atoms with Crippen LogP contribution < -0.4 is 0 Å². The number of hydrogen-bond acceptors (Lipinski definition) is 7. The molecule has 0 saturated heterocycles. The van der Waals surface area contributed by atoms with Crippen LogP contribution in [0.2, 0.25) is 5.02 Å². The first-order valence-corrected chi connectivity index (χ1v) is 10.1. The summed E-state index contributed by atoms with van der Waals surface area (Å²) < 4.78 is 5.35. The Morgan fingerprint density at radius 2 is 2.10 bits per heavy atom. The maximum Gasteiger partial charge on any atom is 0.269 e. The molecule has 0 fully saturated rings. The predicted molar refractivity (Wildman–Crippen MR) is 110 cm³/mol. The van der Waals surface area contributed by atoms with Gasteiger partial charge in [-0.2, -0.15) is 0 Å². The molecular formula is C19H17ClN4O4S. The Labute approximate surface area is 176 Å². The molecule has 0 aliphatic heterocycles. The summed E-state index contributed by atoms with van der Waals surface area (Å²) in [6.07, 6.45) is 3.35. The molecule has 29 heavy (non-hydrogen) atoms. The van der Waals surface area contributed by atoms with Crippen LogP contribution in [0.15, 0.2) is 46.0 Å². The number of carbonyl (C=O) groups is 1. The van der Waals surface area contributed by atoms with Crippen LogP contribution >= 0.6 is 23.4 Å². The largest absolute Gasteiger partial charge is 0.461 e. The topological polar surface area (TPSA) is 102 Å². The number of hydrogen-bond donors (Lipinski definition) is 0. The van der Waals surface area contributed by atoms with Crippen molar-refractivity contribution in [2.24, 2.45) is 0 Å². The minimum Gasteiger partial charge on any atom is -0.461 e. The van der Waals surface area contributed by atoms with E-state index in [0.717, 1.165) is 0 Å². The molecule has 10 heteroatoms. The zero-order chi connectivity index (χ0) is 21.1. The van der Waals surface area contributed by atoms with Gasteiger partial charge in [0.2, 0.25) is 0 Å². The highest BCUT2D eigenvalue weighted by molar-refractivity contribution is 7.98. The van der Waals surface area contributed by atoms with Gasteiger partial charge in [-0.05, 0) is 36.9 Å². The zero-order valence-electron chi connectivity index (χ0n) is 15.9. The molecule has 1 aromatic carbocycles. The lowest BCUT2D eigenvalue weighted by Crippen LogP contribution is -2.28. The van der Waals surface area contributed by atoms with Crippen molar-refractivity contribution in [3.05, 3.63) is 68.6 Å². The van der Waals surface area contributed by atoms with Gasteiger partial charge >= 0.3 is 0 Å². The van der Waals surface area contributed by atoms with Gasteiger partial charge in [0.05, 0.1) is 22.4 Å². The number of amides is 1. The summed E-state index contributed by atoms with van der Waals surface area (Å²) in [5.41, 5.74) is 1.28. The first-order chi connectivity index (χ1) is 13.8. The monoisotopic (exact) mass is 432 g/mol. The molecule has 0 aliphatic carbocycles. The van der Waals surface area contributed by atoms with Gasteiger partial charge < -0.3 is 9.32 Å². The number of non-ortho nitro benzene ring substituents is 1. The second kappa shape index (κ2) is 8.62. The van der Waals surface area contributed by atoms with Gasteiger partial charge in [0, 0.05) is 30.7 Å². The standard InChI is InChI=1S/C19H17ClN4O4S/c1-11-16(18(29-3)22-17(21-11)15-5-4-8-28-15)19(25)23(2)10-12-9-13(24(26)27)6-7-14(12)20/h4-9H,10H2,1-3H3. The minimum absolute atomic E-state index is 0.0858. The summed E-state index contributed by atoms with van der Waals surface area (Å²) >= 11 is 7.49. The van der Waals surface area contributed by atoms with E-state index < -0.39 is 4.92 Å². The number of carbonyl (C=O) groups excluding carboxylic acids is 1. The van der Waals surface area contributed by atoms with Crippen LogP contribution in [-0.2, 0) is 6.54 Å². The summed E-state index contributed by atoms with van der Waals surface area (Å²) in [7, 11) is 1.60. The van der Waals surface area contributed by atoms with E-state index >= 15 is 0 Å². The van der Waals surface area contributed by atoms with Crippen molar-refractivity contribution in [3.63, 3.8) is 0 Å². The van der Waals surface area contributed by atoms with E-state index in [2.05, 4.69) is 9.97 Å². The van der Waals surface area contributed by atoms with Gasteiger partial charge in [-0.15, -0.1) is 11.8 Å². The van der Waals surface area contributed by atoms with Crippen molar-refractivity contribution < 1.29 is 14.1 Å². The number of nitrogens with zero attached hydrogens (tertiary/aromatic N) is 4. The molecule has 3 rings (SSSR count). The lowest BCUT2D eigenvalue weighted by Gasteiger charge is -2.20. The maximum absolute atomic E-state index is 13.1. The molecule has 3 aromatic rings. The smallest absolute Gasteiger partial charge is 0.269 e.